The lowest BCUT2D eigenvalue weighted by Gasteiger charge is -2.14. The van der Waals surface area contributed by atoms with E-state index in [9.17, 15) is 14.9 Å². The molecule has 1 fully saturated rings. The number of benzene rings is 3. The third-order valence-electron chi connectivity index (χ3n) is 4.66. The van der Waals surface area contributed by atoms with Crippen LogP contribution in [0, 0.1) is 13.7 Å². The molecule has 1 aliphatic rings. The zero-order valence-corrected chi connectivity index (χ0v) is 22.1. The second-order valence-corrected chi connectivity index (χ2v) is 10.6. The molecule has 4 rings (SSSR count). The fourth-order valence-corrected chi connectivity index (χ4v) is 6.16. The number of hydrogen-bond acceptors (Lipinski definition) is 6. The van der Waals surface area contributed by atoms with Crippen molar-refractivity contribution in [1.82, 2.24) is 0 Å². The number of carbonyl (C=O) groups excluding carboxylic acids is 1. The van der Waals surface area contributed by atoms with Crippen LogP contribution in [0.4, 0.5) is 11.4 Å². The highest BCUT2D eigenvalue weighted by Gasteiger charge is 2.33. The molecule has 1 aliphatic heterocycles. The molecular weight excluding hydrogens is 639 g/mol. The molecule has 0 aromatic heterocycles. The standard InChI is InChI=1S/C23H14BrIN2O4S2/c24-18-10-15(12-20-22(28)26(23(32)33-20)16-4-2-1-3-5-16)11-19(25)21(18)31-13-14-6-8-17(9-7-14)27(29)30/h1-12H,13H2/b20-12+. The number of anilines is 1. The second kappa shape index (κ2) is 10.3. The van der Waals surface area contributed by atoms with E-state index in [1.54, 1.807) is 12.1 Å². The van der Waals surface area contributed by atoms with E-state index in [0.717, 1.165) is 24.9 Å². The van der Waals surface area contributed by atoms with Crippen LogP contribution < -0.4 is 9.64 Å². The van der Waals surface area contributed by atoms with Gasteiger partial charge in [0.05, 0.1) is 23.6 Å². The third-order valence-corrected chi connectivity index (χ3v) is 7.35. The van der Waals surface area contributed by atoms with Crippen LogP contribution in [0.25, 0.3) is 6.08 Å². The van der Waals surface area contributed by atoms with Gasteiger partial charge in [-0.05, 0) is 92.1 Å². The van der Waals surface area contributed by atoms with Crippen molar-refractivity contribution in [2.75, 3.05) is 4.90 Å². The molecule has 1 saturated heterocycles. The maximum absolute atomic E-state index is 13.0. The summed E-state index contributed by atoms with van der Waals surface area (Å²) in [6.45, 7) is 0.266. The van der Waals surface area contributed by atoms with Crippen molar-refractivity contribution in [3.63, 3.8) is 0 Å². The summed E-state index contributed by atoms with van der Waals surface area (Å²) >= 11 is 12.4. The Morgan fingerprint density at radius 3 is 2.48 bits per heavy atom. The van der Waals surface area contributed by atoms with E-state index in [4.69, 9.17) is 17.0 Å². The zero-order valence-electron chi connectivity index (χ0n) is 16.7. The van der Waals surface area contributed by atoms with Crippen LogP contribution in [0.2, 0.25) is 0 Å². The number of nitro benzene ring substituents is 1. The first-order valence-electron chi connectivity index (χ1n) is 9.51. The van der Waals surface area contributed by atoms with Crippen molar-refractivity contribution < 1.29 is 14.5 Å². The van der Waals surface area contributed by atoms with Gasteiger partial charge in [-0.2, -0.15) is 0 Å². The summed E-state index contributed by atoms with van der Waals surface area (Å²) in [5.74, 6) is 0.503. The summed E-state index contributed by atoms with van der Waals surface area (Å²) in [5, 5.41) is 10.8. The monoisotopic (exact) mass is 652 g/mol. The fourth-order valence-electron chi connectivity index (χ4n) is 3.09. The summed E-state index contributed by atoms with van der Waals surface area (Å²) in [6.07, 6.45) is 1.81. The van der Waals surface area contributed by atoms with Gasteiger partial charge >= 0.3 is 0 Å². The van der Waals surface area contributed by atoms with Gasteiger partial charge in [0, 0.05) is 12.1 Å². The Hall–Kier alpha value is -2.28. The SMILES string of the molecule is O=C1/C(=C\c2cc(Br)c(OCc3ccc([N+](=O)[O-])cc3)c(I)c2)SC(=S)N1c1ccccc1. The van der Waals surface area contributed by atoms with E-state index in [-0.39, 0.29) is 18.2 Å². The summed E-state index contributed by atoms with van der Waals surface area (Å²) in [6, 6.07) is 19.4. The zero-order chi connectivity index (χ0) is 23.5. The minimum absolute atomic E-state index is 0.0385. The first kappa shape index (κ1) is 23.9. The molecule has 0 spiro atoms. The van der Waals surface area contributed by atoms with E-state index in [2.05, 4.69) is 38.5 Å². The molecule has 1 heterocycles. The van der Waals surface area contributed by atoms with Gasteiger partial charge in [-0.3, -0.25) is 19.8 Å². The maximum atomic E-state index is 13.0. The van der Waals surface area contributed by atoms with Gasteiger partial charge in [-0.1, -0.05) is 42.2 Å². The van der Waals surface area contributed by atoms with E-state index in [1.807, 2.05) is 48.5 Å². The fraction of sp³-hybridized carbons (Fsp3) is 0.0435. The van der Waals surface area contributed by atoms with Crippen LogP contribution >= 0.6 is 62.5 Å². The number of thiocarbonyl (C=S) groups is 1. The number of non-ortho nitro benzene ring substituents is 1. The molecule has 6 nitrogen and oxygen atoms in total. The quantitative estimate of drug-likeness (QED) is 0.0944. The number of halogens is 2. The van der Waals surface area contributed by atoms with Gasteiger partial charge in [0.15, 0.2) is 4.32 Å². The predicted molar refractivity (Wildman–Crippen MR) is 146 cm³/mol. The first-order valence-corrected chi connectivity index (χ1v) is 12.6. The number of amides is 1. The number of para-hydroxylation sites is 1. The van der Waals surface area contributed by atoms with E-state index >= 15 is 0 Å². The average Bonchev–Trinajstić information content (AvgIpc) is 3.06. The lowest BCUT2D eigenvalue weighted by Crippen LogP contribution is -2.27. The molecule has 0 unspecified atom stereocenters. The van der Waals surface area contributed by atoms with Gasteiger partial charge < -0.3 is 4.74 Å². The minimum Gasteiger partial charge on any atom is -0.487 e. The van der Waals surface area contributed by atoms with Crippen molar-refractivity contribution >= 4 is 90.2 Å². The lowest BCUT2D eigenvalue weighted by atomic mass is 10.2. The number of nitrogens with zero attached hydrogens (tertiary/aromatic N) is 2. The average molecular weight is 653 g/mol. The van der Waals surface area contributed by atoms with E-state index in [0.29, 0.717) is 15.0 Å². The molecule has 1 amide bonds. The molecule has 33 heavy (non-hydrogen) atoms. The summed E-state index contributed by atoms with van der Waals surface area (Å²) in [5.41, 5.74) is 2.44. The number of thioether (sulfide) groups is 1. The second-order valence-electron chi connectivity index (χ2n) is 6.88. The molecule has 0 aliphatic carbocycles. The molecule has 0 bridgehead atoms. The van der Waals surface area contributed by atoms with Crippen molar-refractivity contribution in [1.29, 1.82) is 0 Å². The van der Waals surface area contributed by atoms with E-state index < -0.39 is 4.92 Å². The Morgan fingerprint density at radius 1 is 1.15 bits per heavy atom. The molecule has 0 saturated carbocycles. The molecular formula is C23H14BrIN2O4S2. The van der Waals surface area contributed by atoms with Gasteiger partial charge in [0.25, 0.3) is 11.6 Å². The van der Waals surface area contributed by atoms with E-state index in [1.165, 1.54) is 28.8 Å². The Bertz CT molecular complexity index is 1260. The molecule has 0 atom stereocenters. The lowest BCUT2D eigenvalue weighted by molar-refractivity contribution is -0.384. The maximum Gasteiger partial charge on any atom is 0.270 e. The molecule has 3 aromatic rings. The Kier molecular flexibility index (Phi) is 7.47. The summed E-state index contributed by atoms with van der Waals surface area (Å²) < 4.78 is 8.03. The number of nitro groups is 1. The highest BCUT2D eigenvalue weighted by Crippen LogP contribution is 2.38. The van der Waals surface area contributed by atoms with Crippen molar-refractivity contribution in [2.45, 2.75) is 6.61 Å². The Balaban J connectivity index is 1.51. The number of hydrogen-bond donors (Lipinski definition) is 0. The Labute approximate surface area is 221 Å². The molecule has 166 valence electrons. The van der Waals surface area contributed by atoms with Gasteiger partial charge in [-0.25, -0.2) is 0 Å². The number of rotatable bonds is 6. The minimum atomic E-state index is -0.434. The topological polar surface area (TPSA) is 72.7 Å². The smallest absolute Gasteiger partial charge is 0.270 e. The Morgan fingerprint density at radius 2 is 1.85 bits per heavy atom. The molecule has 0 radical (unpaired) electrons. The van der Waals surface area contributed by atoms with Crippen LogP contribution in [-0.2, 0) is 11.4 Å². The van der Waals surface area contributed by atoms with Crippen molar-refractivity contribution in [3.05, 3.63) is 101 Å². The van der Waals surface area contributed by atoms with Crippen LogP contribution in [0.15, 0.2) is 76.1 Å². The summed E-state index contributed by atoms with van der Waals surface area (Å²) in [4.78, 5) is 25.4. The van der Waals surface area contributed by atoms with Gasteiger partial charge in [-0.15, -0.1) is 0 Å². The largest absolute Gasteiger partial charge is 0.487 e. The number of ether oxygens (including phenoxy) is 1. The normalized spacial score (nSPS) is 14.7. The molecule has 10 heteroatoms. The van der Waals surface area contributed by atoms with Gasteiger partial charge in [0.2, 0.25) is 0 Å². The molecule has 3 aromatic carbocycles. The van der Waals surface area contributed by atoms with Crippen molar-refractivity contribution in [3.8, 4) is 5.75 Å². The highest BCUT2D eigenvalue weighted by atomic mass is 127. The van der Waals surface area contributed by atoms with Crippen LogP contribution in [0.5, 0.6) is 5.75 Å². The van der Waals surface area contributed by atoms with Crippen molar-refractivity contribution in [2.24, 2.45) is 0 Å². The molecule has 0 N–H and O–H groups in total. The highest BCUT2D eigenvalue weighted by molar-refractivity contribution is 14.1. The third kappa shape index (κ3) is 5.45. The van der Waals surface area contributed by atoms with Crippen LogP contribution in [0.1, 0.15) is 11.1 Å². The van der Waals surface area contributed by atoms with Crippen LogP contribution in [-0.4, -0.2) is 15.2 Å². The summed E-state index contributed by atoms with van der Waals surface area (Å²) in [7, 11) is 0. The van der Waals surface area contributed by atoms with Crippen LogP contribution in [0.3, 0.4) is 0 Å². The predicted octanol–water partition coefficient (Wildman–Crippen LogP) is 6.95. The number of carbonyl (C=O) groups is 1. The first-order chi connectivity index (χ1) is 15.8. The van der Waals surface area contributed by atoms with Gasteiger partial charge in [0.1, 0.15) is 12.4 Å².